The standard InChI is InChI=1S/C21H31F3O2/c1-12-10-13-11-14(25)4-7-18(13,2)15-5-8-19(3)16(17(12)15)6-9-20(19,26)21(22,23)24/h12-13,15-17,26H,4-11H2,1-3H3/t12-,13-,15?,16?,17?,18+,19+,20+/m1/s1. The van der Waals surface area contributed by atoms with Crippen molar-refractivity contribution in [1.29, 1.82) is 0 Å². The molecule has 0 aromatic carbocycles. The number of hydrogen-bond acceptors (Lipinski definition) is 2. The highest BCUT2D eigenvalue weighted by Gasteiger charge is 2.73. The summed E-state index contributed by atoms with van der Waals surface area (Å²) in [5.74, 6) is 1.61. The lowest BCUT2D eigenvalue weighted by molar-refractivity contribution is -0.305. The molecule has 148 valence electrons. The van der Waals surface area contributed by atoms with E-state index in [-0.39, 0.29) is 23.7 Å². The van der Waals surface area contributed by atoms with Gasteiger partial charge in [0, 0.05) is 18.3 Å². The molecule has 4 rings (SSSR count). The molecule has 0 aromatic heterocycles. The number of rotatable bonds is 0. The van der Waals surface area contributed by atoms with Crippen LogP contribution in [0.15, 0.2) is 0 Å². The van der Waals surface area contributed by atoms with E-state index in [1.807, 2.05) is 0 Å². The zero-order chi connectivity index (χ0) is 19.1. The molecule has 0 saturated heterocycles. The molecule has 3 unspecified atom stereocenters. The van der Waals surface area contributed by atoms with Crippen LogP contribution in [0.2, 0.25) is 0 Å². The maximum Gasteiger partial charge on any atom is 0.417 e. The minimum absolute atomic E-state index is 0.0710. The summed E-state index contributed by atoms with van der Waals surface area (Å²) in [6.45, 7) is 6.16. The molecule has 4 fully saturated rings. The van der Waals surface area contributed by atoms with Crippen LogP contribution in [0.25, 0.3) is 0 Å². The normalized spacial score (nSPS) is 54.4. The van der Waals surface area contributed by atoms with Crippen molar-refractivity contribution >= 4 is 5.78 Å². The van der Waals surface area contributed by atoms with Crippen LogP contribution in [0.1, 0.15) is 72.1 Å². The highest BCUT2D eigenvalue weighted by molar-refractivity contribution is 5.79. The van der Waals surface area contributed by atoms with E-state index in [1.165, 1.54) is 0 Å². The van der Waals surface area contributed by atoms with Crippen LogP contribution in [0, 0.1) is 40.4 Å². The smallest absolute Gasteiger partial charge is 0.380 e. The van der Waals surface area contributed by atoms with Crippen LogP contribution in [0.5, 0.6) is 0 Å². The molecular weight excluding hydrogens is 341 g/mol. The first-order valence-corrected chi connectivity index (χ1v) is 10.2. The molecule has 4 saturated carbocycles. The first kappa shape index (κ1) is 18.8. The van der Waals surface area contributed by atoms with E-state index in [2.05, 4.69) is 13.8 Å². The molecule has 4 aliphatic rings. The highest BCUT2D eigenvalue weighted by Crippen LogP contribution is 2.71. The van der Waals surface area contributed by atoms with Crippen LogP contribution >= 0.6 is 0 Å². The molecule has 0 aromatic rings. The van der Waals surface area contributed by atoms with Crippen molar-refractivity contribution in [3.63, 3.8) is 0 Å². The van der Waals surface area contributed by atoms with E-state index >= 15 is 0 Å². The van der Waals surface area contributed by atoms with Crippen LogP contribution in [0.4, 0.5) is 13.2 Å². The molecule has 4 aliphatic carbocycles. The van der Waals surface area contributed by atoms with E-state index < -0.39 is 17.2 Å². The lowest BCUT2D eigenvalue weighted by atomic mass is 9.42. The Balaban J connectivity index is 1.70. The van der Waals surface area contributed by atoms with Gasteiger partial charge in [0.05, 0.1) is 0 Å². The lowest BCUT2D eigenvalue weighted by Crippen LogP contribution is -2.62. The molecule has 0 aliphatic heterocycles. The summed E-state index contributed by atoms with van der Waals surface area (Å²) in [5, 5.41) is 10.7. The molecule has 0 bridgehead atoms. The van der Waals surface area contributed by atoms with Crippen LogP contribution < -0.4 is 0 Å². The Hall–Kier alpha value is -0.580. The minimum atomic E-state index is -4.56. The van der Waals surface area contributed by atoms with Crippen molar-refractivity contribution in [2.75, 3.05) is 0 Å². The highest BCUT2D eigenvalue weighted by atomic mass is 19.4. The second-order valence-electron chi connectivity index (χ2n) is 10.3. The van der Waals surface area contributed by atoms with Gasteiger partial charge in [-0.2, -0.15) is 13.2 Å². The third kappa shape index (κ3) is 2.18. The van der Waals surface area contributed by atoms with E-state index in [0.717, 1.165) is 19.3 Å². The zero-order valence-corrected chi connectivity index (χ0v) is 16.0. The Kier molecular flexibility index (Phi) is 3.96. The maximum absolute atomic E-state index is 13.8. The van der Waals surface area contributed by atoms with Gasteiger partial charge < -0.3 is 5.11 Å². The predicted octanol–water partition coefficient (Wildman–Crippen LogP) is 5.14. The van der Waals surface area contributed by atoms with Gasteiger partial charge in [-0.15, -0.1) is 0 Å². The van der Waals surface area contributed by atoms with Gasteiger partial charge in [-0.25, -0.2) is 0 Å². The summed E-state index contributed by atoms with van der Waals surface area (Å²) in [5.41, 5.74) is -3.55. The quantitative estimate of drug-likeness (QED) is 0.639. The Morgan fingerprint density at radius 1 is 1.08 bits per heavy atom. The fourth-order valence-electron chi connectivity index (χ4n) is 7.91. The molecule has 2 nitrogen and oxygen atoms in total. The number of Topliss-reactive ketones (excluding diaryl/α,β-unsaturated/α-hetero) is 1. The van der Waals surface area contributed by atoms with Crippen molar-refractivity contribution < 1.29 is 23.1 Å². The van der Waals surface area contributed by atoms with E-state index in [9.17, 15) is 23.1 Å². The molecule has 0 amide bonds. The molecule has 0 spiro atoms. The van der Waals surface area contributed by atoms with Gasteiger partial charge in [0.15, 0.2) is 5.60 Å². The van der Waals surface area contributed by atoms with Crippen LogP contribution in [-0.2, 0) is 4.79 Å². The lowest BCUT2D eigenvalue weighted by Gasteiger charge is -2.62. The molecule has 1 N–H and O–H groups in total. The van der Waals surface area contributed by atoms with E-state index in [4.69, 9.17) is 0 Å². The van der Waals surface area contributed by atoms with Crippen molar-refractivity contribution in [2.45, 2.75) is 83.9 Å². The minimum Gasteiger partial charge on any atom is -0.380 e. The monoisotopic (exact) mass is 372 g/mol. The first-order valence-electron chi connectivity index (χ1n) is 10.2. The Morgan fingerprint density at radius 3 is 2.38 bits per heavy atom. The summed E-state index contributed by atoms with van der Waals surface area (Å²) in [4.78, 5) is 12.0. The van der Waals surface area contributed by atoms with Crippen LogP contribution in [-0.4, -0.2) is 22.7 Å². The van der Waals surface area contributed by atoms with Crippen molar-refractivity contribution in [2.24, 2.45) is 40.4 Å². The average Bonchev–Trinajstić information content (AvgIpc) is 2.82. The molecule has 0 heterocycles. The summed E-state index contributed by atoms with van der Waals surface area (Å²) in [7, 11) is 0. The van der Waals surface area contributed by atoms with Crippen molar-refractivity contribution in [3.8, 4) is 0 Å². The number of carbonyl (C=O) groups excluding carboxylic acids is 1. The Labute approximate surface area is 153 Å². The van der Waals surface area contributed by atoms with Gasteiger partial charge in [-0.05, 0) is 73.5 Å². The van der Waals surface area contributed by atoms with E-state index in [1.54, 1.807) is 6.92 Å². The number of ketones is 1. The average molecular weight is 372 g/mol. The molecule has 26 heavy (non-hydrogen) atoms. The van der Waals surface area contributed by atoms with Crippen molar-refractivity contribution in [1.82, 2.24) is 0 Å². The number of alkyl halides is 3. The maximum atomic E-state index is 13.8. The number of aliphatic hydroxyl groups is 1. The summed E-state index contributed by atoms with van der Waals surface area (Å²) in [6, 6.07) is 0. The number of carbonyl (C=O) groups is 1. The number of fused-ring (bicyclic) bond motifs is 5. The Bertz CT molecular complexity index is 617. The van der Waals surface area contributed by atoms with Crippen LogP contribution in [0.3, 0.4) is 0 Å². The fourth-order valence-corrected chi connectivity index (χ4v) is 7.91. The number of hydrogen-bond donors (Lipinski definition) is 1. The van der Waals surface area contributed by atoms with Gasteiger partial charge in [-0.1, -0.05) is 20.8 Å². The van der Waals surface area contributed by atoms with E-state index in [0.29, 0.717) is 49.2 Å². The van der Waals surface area contributed by atoms with Gasteiger partial charge in [0.1, 0.15) is 5.78 Å². The third-order valence-electron chi connectivity index (χ3n) is 9.46. The van der Waals surface area contributed by atoms with Gasteiger partial charge in [0.25, 0.3) is 0 Å². The van der Waals surface area contributed by atoms with Gasteiger partial charge in [0.2, 0.25) is 0 Å². The second-order valence-corrected chi connectivity index (χ2v) is 10.3. The fraction of sp³-hybridized carbons (Fsp3) is 0.952. The number of halogens is 3. The second kappa shape index (κ2) is 5.48. The Morgan fingerprint density at radius 2 is 1.73 bits per heavy atom. The summed E-state index contributed by atoms with van der Waals surface area (Å²) in [6.07, 6.45) is 0.0452. The predicted molar refractivity (Wildman–Crippen MR) is 92.3 cm³/mol. The summed E-state index contributed by atoms with van der Waals surface area (Å²) >= 11 is 0. The molecule has 5 heteroatoms. The summed E-state index contributed by atoms with van der Waals surface area (Å²) < 4.78 is 41.3. The third-order valence-corrected chi connectivity index (χ3v) is 9.46. The van der Waals surface area contributed by atoms with Gasteiger partial charge >= 0.3 is 6.18 Å². The SMILES string of the molecule is C[C@@H]1C[C@@H]2CC(=O)CC[C@]2(C)C2CC[C@@]3(C)C(CC[C@@]3(O)C(F)(F)F)C21. The largest absolute Gasteiger partial charge is 0.417 e. The van der Waals surface area contributed by atoms with Gasteiger partial charge in [-0.3, -0.25) is 4.79 Å². The first-order chi connectivity index (χ1) is 11.9. The molecule has 0 radical (unpaired) electrons. The zero-order valence-electron chi connectivity index (χ0n) is 16.0. The molecular formula is C21H31F3O2. The molecule has 8 atom stereocenters. The topological polar surface area (TPSA) is 37.3 Å². The van der Waals surface area contributed by atoms with Crippen molar-refractivity contribution in [3.05, 3.63) is 0 Å².